The van der Waals surface area contributed by atoms with Crippen LogP contribution in [0.4, 0.5) is 0 Å². The molecular weight excluding hydrogens is 316 g/mol. The summed E-state index contributed by atoms with van der Waals surface area (Å²) in [5.74, 6) is 1.07. The molecule has 21 heavy (non-hydrogen) atoms. The van der Waals surface area contributed by atoms with Crippen LogP contribution in [0.2, 0.25) is 0 Å². The summed E-state index contributed by atoms with van der Waals surface area (Å²) >= 11 is 0. The fraction of sp³-hybridized carbons (Fsp3) is 0.385. The molecule has 1 heterocycles. The number of benzene rings is 1. The van der Waals surface area contributed by atoms with E-state index in [4.69, 9.17) is 15.4 Å². The van der Waals surface area contributed by atoms with Crippen LogP contribution in [-0.2, 0) is 15.7 Å². The number of rotatable bonds is 5. The Labute approximate surface area is 127 Å². The highest BCUT2D eigenvalue weighted by Crippen LogP contribution is 2.33. The molecule has 0 radical (unpaired) electrons. The van der Waals surface area contributed by atoms with Gasteiger partial charge in [-0.05, 0) is 36.1 Å². The quantitative estimate of drug-likeness (QED) is 0.784. The van der Waals surface area contributed by atoms with Gasteiger partial charge in [-0.25, -0.2) is 8.42 Å². The maximum atomic E-state index is 11.6. The fourth-order valence-corrected chi connectivity index (χ4v) is 3.12. The summed E-state index contributed by atoms with van der Waals surface area (Å²) in [6.45, 7) is 5.69. The number of halogens is 1. The first-order valence-corrected chi connectivity index (χ1v) is 8.57. The molecule has 0 aliphatic carbocycles. The van der Waals surface area contributed by atoms with Gasteiger partial charge in [-0.15, -0.1) is 0 Å². The predicted octanol–water partition coefficient (Wildman–Crippen LogP) is 3.01. The number of hydrogen-bond acceptors (Lipinski definition) is 6. The molecule has 0 amide bonds. The molecule has 0 fully saturated rings. The van der Waals surface area contributed by atoms with Crippen LogP contribution in [0.15, 0.2) is 27.9 Å². The highest BCUT2D eigenvalue weighted by Gasteiger charge is 2.19. The minimum atomic E-state index is -3.79. The Morgan fingerprint density at radius 3 is 2.62 bits per heavy atom. The number of aromatic nitrogens is 2. The zero-order valence-corrected chi connectivity index (χ0v) is 13.4. The van der Waals surface area contributed by atoms with Gasteiger partial charge in [0, 0.05) is 10.7 Å². The predicted molar refractivity (Wildman–Crippen MR) is 76.9 cm³/mol. The second kappa shape index (κ2) is 6.03. The van der Waals surface area contributed by atoms with E-state index in [0.717, 1.165) is 5.56 Å². The topological polar surface area (TPSA) is 82.3 Å². The Hall–Kier alpha value is -1.60. The second-order valence-corrected chi connectivity index (χ2v) is 7.42. The molecule has 114 valence electrons. The third-order valence-corrected chi connectivity index (χ3v) is 4.42. The molecule has 2 aromatic rings. The van der Waals surface area contributed by atoms with Crippen LogP contribution in [0.1, 0.15) is 36.7 Å². The first-order valence-electron chi connectivity index (χ1n) is 6.26. The number of nitrogens with zero attached hydrogens (tertiary/aromatic N) is 2. The van der Waals surface area contributed by atoms with Crippen LogP contribution < -0.4 is 4.74 Å². The summed E-state index contributed by atoms with van der Waals surface area (Å²) in [6.07, 6.45) is 1.22. The van der Waals surface area contributed by atoms with Crippen molar-refractivity contribution in [3.05, 3.63) is 35.5 Å². The lowest BCUT2D eigenvalue weighted by molar-refractivity contribution is 0.282. The second-order valence-electron chi connectivity index (χ2n) is 4.88. The van der Waals surface area contributed by atoms with Crippen LogP contribution in [0, 0.1) is 6.92 Å². The Kier molecular flexibility index (Phi) is 4.53. The van der Waals surface area contributed by atoms with Gasteiger partial charge in [-0.3, -0.25) is 0 Å². The standard InChI is InChI=1S/C13H15ClN2O4S/c1-8(2)10-5-12(21(14,17)18)9(3)4-11(10)19-6-13-15-7-20-16-13/h4-5,7-8H,6H2,1-3H3. The third-order valence-electron chi connectivity index (χ3n) is 2.96. The van der Waals surface area contributed by atoms with Crippen molar-refractivity contribution in [2.24, 2.45) is 0 Å². The van der Waals surface area contributed by atoms with Crippen molar-refractivity contribution < 1.29 is 17.7 Å². The minimum absolute atomic E-state index is 0.0723. The molecule has 1 aromatic heterocycles. The van der Waals surface area contributed by atoms with Crippen LogP contribution in [-0.4, -0.2) is 18.6 Å². The van der Waals surface area contributed by atoms with Crippen molar-refractivity contribution in [3.63, 3.8) is 0 Å². The van der Waals surface area contributed by atoms with Gasteiger partial charge < -0.3 is 9.26 Å². The summed E-state index contributed by atoms with van der Waals surface area (Å²) in [6, 6.07) is 3.21. The van der Waals surface area contributed by atoms with Crippen LogP contribution in [0.25, 0.3) is 0 Å². The van der Waals surface area contributed by atoms with Gasteiger partial charge in [-0.2, -0.15) is 4.98 Å². The van der Waals surface area contributed by atoms with Gasteiger partial charge in [0.2, 0.25) is 12.2 Å². The molecule has 0 unspecified atom stereocenters. The molecule has 0 N–H and O–H groups in total. The summed E-state index contributed by atoms with van der Waals surface area (Å²) in [4.78, 5) is 3.96. The lowest BCUT2D eigenvalue weighted by Gasteiger charge is -2.16. The zero-order valence-electron chi connectivity index (χ0n) is 11.8. The molecule has 1 aromatic carbocycles. The fourth-order valence-electron chi connectivity index (χ4n) is 1.91. The SMILES string of the molecule is Cc1cc(OCc2ncon2)c(C(C)C)cc1S(=O)(=O)Cl. The third kappa shape index (κ3) is 3.74. The average molecular weight is 331 g/mol. The molecule has 0 saturated carbocycles. The van der Waals surface area contributed by atoms with Gasteiger partial charge in [0.15, 0.2) is 6.61 Å². The largest absolute Gasteiger partial charge is 0.485 e. The van der Waals surface area contributed by atoms with Crippen molar-refractivity contribution in [3.8, 4) is 5.75 Å². The molecule has 0 atom stereocenters. The van der Waals surface area contributed by atoms with Gasteiger partial charge in [0.25, 0.3) is 9.05 Å². The van der Waals surface area contributed by atoms with Crippen molar-refractivity contribution in [1.29, 1.82) is 0 Å². The molecule has 6 nitrogen and oxygen atoms in total. The minimum Gasteiger partial charge on any atom is -0.485 e. The van der Waals surface area contributed by atoms with Crippen LogP contribution in [0.5, 0.6) is 5.75 Å². The monoisotopic (exact) mass is 330 g/mol. The number of hydrogen-bond donors (Lipinski definition) is 0. The maximum Gasteiger partial charge on any atom is 0.261 e. The summed E-state index contributed by atoms with van der Waals surface area (Å²) < 4.78 is 33.5. The smallest absolute Gasteiger partial charge is 0.261 e. The maximum absolute atomic E-state index is 11.6. The molecule has 0 saturated heterocycles. The number of ether oxygens (including phenoxy) is 1. The van der Waals surface area contributed by atoms with Gasteiger partial charge in [-0.1, -0.05) is 19.0 Å². The Morgan fingerprint density at radius 2 is 2.10 bits per heavy atom. The van der Waals surface area contributed by atoms with Crippen LogP contribution in [0.3, 0.4) is 0 Å². The first-order chi connectivity index (χ1) is 9.79. The van der Waals surface area contributed by atoms with E-state index >= 15 is 0 Å². The molecule has 2 rings (SSSR count). The van der Waals surface area contributed by atoms with E-state index in [1.54, 1.807) is 19.1 Å². The normalized spacial score (nSPS) is 11.9. The lowest BCUT2D eigenvalue weighted by Crippen LogP contribution is -2.04. The Morgan fingerprint density at radius 1 is 1.38 bits per heavy atom. The van der Waals surface area contributed by atoms with Crippen molar-refractivity contribution in [1.82, 2.24) is 10.1 Å². The average Bonchev–Trinajstić information content (AvgIpc) is 2.87. The molecular formula is C13H15ClN2O4S. The van der Waals surface area contributed by atoms with E-state index in [1.807, 2.05) is 13.8 Å². The molecule has 0 aliphatic heterocycles. The Balaban J connectivity index is 2.38. The van der Waals surface area contributed by atoms with Crippen molar-refractivity contribution in [2.75, 3.05) is 0 Å². The molecule has 8 heteroatoms. The van der Waals surface area contributed by atoms with E-state index < -0.39 is 9.05 Å². The lowest BCUT2D eigenvalue weighted by atomic mass is 10.0. The zero-order chi connectivity index (χ0) is 15.6. The van der Waals surface area contributed by atoms with E-state index in [0.29, 0.717) is 17.1 Å². The molecule has 0 bridgehead atoms. The van der Waals surface area contributed by atoms with Gasteiger partial charge >= 0.3 is 0 Å². The number of aryl methyl sites for hydroxylation is 1. The summed E-state index contributed by atoms with van der Waals surface area (Å²) in [7, 11) is 1.66. The van der Waals surface area contributed by atoms with Crippen molar-refractivity contribution in [2.45, 2.75) is 38.2 Å². The Bertz CT molecular complexity index is 727. The highest BCUT2D eigenvalue weighted by molar-refractivity contribution is 8.13. The van der Waals surface area contributed by atoms with Gasteiger partial charge in [0.1, 0.15) is 5.75 Å². The van der Waals surface area contributed by atoms with E-state index in [-0.39, 0.29) is 17.4 Å². The van der Waals surface area contributed by atoms with E-state index in [9.17, 15) is 8.42 Å². The highest BCUT2D eigenvalue weighted by atomic mass is 35.7. The van der Waals surface area contributed by atoms with E-state index in [2.05, 4.69) is 14.7 Å². The molecule has 0 spiro atoms. The molecule has 0 aliphatic rings. The van der Waals surface area contributed by atoms with Gasteiger partial charge in [0.05, 0.1) is 4.90 Å². The summed E-state index contributed by atoms with van der Waals surface area (Å²) in [5, 5.41) is 3.66. The van der Waals surface area contributed by atoms with Crippen molar-refractivity contribution >= 4 is 19.7 Å². The summed E-state index contributed by atoms with van der Waals surface area (Å²) in [5.41, 5.74) is 1.28. The first kappa shape index (κ1) is 15.8. The van der Waals surface area contributed by atoms with Crippen LogP contribution >= 0.6 is 10.7 Å². The van der Waals surface area contributed by atoms with E-state index in [1.165, 1.54) is 6.39 Å².